The molecular formula is C18H19N3O4. The maximum atomic E-state index is 12.2. The Morgan fingerprint density at radius 3 is 2.92 bits per heavy atom. The number of ether oxygens (including phenoxy) is 1. The number of nitrogens with zero attached hydrogens (tertiary/aromatic N) is 1. The number of aromatic amines is 1. The number of carbonyl (C=O) groups is 1. The van der Waals surface area contributed by atoms with Gasteiger partial charge in [-0.15, -0.1) is 0 Å². The molecule has 0 fully saturated rings. The van der Waals surface area contributed by atoms with E-state index >= 15 is 0 Å². The van der Waals surface area contributed by atoms with E-state index in [1.54, 1.807) is 31.5 Å². The van der Waals surface area contributed by atoms with Crippen LogP contribution in [0.25, 0.3) is 10.9 Å². The minimum atomic E-state index is -0.867. The van der Waals surface area contributed by atoms with Gasteiger partial charge < -0.3 is 24.7 Å². The lowest BCUT2D eigenvalue weighted by atomic mass is 10.2. The second-order valence-corrected chi connectivity index (χ2v) is 5.69. The van der Waals surface area contributed by atoms with Gasteiger partial charge >= 0.3 is 0 Å². The number of aromatic nitrogens is 2. The summed E-state index contributed by atoms with van der Waals surface area (Å²) in [6, 6.07) is 12.0. The van der Waals surface area contributed by atoms with Crippen LogP contribution >= 0.6 is 0 Å². The first kappa shape index (κ1) is 16.8. The van der Waals surface area contributed by atoms with Crippen LogP contribution in [0.1, 0.15) is 10.5 Å². The number of methoxy groups -OCH3 is 1. The molecular weight excluding hydrogens is 322 g/mol. The van der Waals surface area contributed by atoms with Crippen LogP contribution in [-0.2, 0) is 6.54 Å². The van der Waals surface area contributed by atoms with Crippen molar-refractivity contribution < 1.29 is 14.6 Å². The number of hydrogen-bond donors (Lipinski definition) is 3. The Bertz CT molecular complexity index is 945. The van der Waals surface area contributed by atoms with E-state index in [0.717, 1.165) is 10.9 Å². The van der Waals surface area contributed by atoms with Gasteiger partial charge in [-0.05, 0) is 24.3 Å². The second kappa shape index (κ2) is 7.23. The summed E-state index contributed by atoms with van der Waals surface area (Å²) < 4.78 is 6.55. The third kappa shape index (κ3) is 3.89. The van der Waals surface area contributed by atoms with E-state index in [1.807, 2.05) is 18.2 Å². The monoisotopic (exact) mass is 341 g/mol. The van der Waals surface area contributed by atoms with Crippen molar-refractivity contribution in [2.75, 3.05) is 13.7 Å². The van der Waals surface area contributed by atoms with Crippen molar-refractivity contribution in [2.24, 2.45) is 0 Å². The van der Waals surface area contributed by atoms with Crippen LogP contribution in [0.4, 0.5) is 0 Å². The van der Waals surface area contributed by atoms with Crippen molar-refractivity contribution >= 4 is 16.8 Å². The highest BCUT2D eigenvalue weighted by molar-refractivity contribution is 5.98. The molecule has 2 aromatic heterocycles. The summed E-state index contributed by atoms with van der Waals surface area (Å²) in [6.45, 7) is 0.155. The van der Waals surface area contributed by atoms with Gasteiger partial charge in [0.1, 0.15) is 11.4 Å². The van der Waals surface area contributed by atoms with E-state index in [0.29, 0.717) is 11.4 Å². The van der Waals surface area contributed by atoms with E-state index in [-0.39, 0.29) is 24.6 Å². The van der Waals surface area contributed by atoms with E-state index in [1.165, 1.54) is 10.6 Å². The van der Waals surface area contributed by atoms with Crippen LogP contribution < -0.4 is 15.6 Å². The number of pyridine rings is 1. The van der Waals surface area contributed by atoms with Gasteiger partial charge in [0.05, 0.1) is 19.8 Å². The number of hydrogen-bond acceptors (Lipinski definition) is 4. The molecule has 1 amide bonds. The van der Waals surface area contributed by atoms with E-state index < -0.39 is 6.10 Å². The van der Waals surface area contributed by atoms with Crippen LogP contribution in [-0.4, -0.2) is 40.3 Å². The minimum Gasteiger partial charge on any atom is -0.497 e. The van der Waals surface area contributed by atoms with Gasteiger partial charge in [-0.1, -0.05) is 6.07 Å². The van der Waals surface area contributed by atoms with Gasteiger partial charge in [-0.3, -0.25) is 9.59 Å². The zero-order valence-corrected chi connectivity index (χ0v) is 13.7. The van der Waals surface area contributed by atoms with Gasteiger partial charge in [0.2, 0.25) is 0 Å². The van der Waals surface area contributed by atoms with Crippen molar-refractivity contribution in [1.82, 2.24) is 14.9 Å². The van der Waals surface area contributed by atoms with E-state index in [2.05, 4.69) is 10.3 Å². The highest BCUT2D eigenvalue weighted by Gasteiger charge is 2.12. The Hall–Kier alpha value is -3.06. The summed E-state index contributed by atoms with van der Waals surface area (Å²) in [5.74, 6) is 0.375. The first-order valence-electron chi connectivity index (χ1n) is 7.85. The number of amides is 1. The van der Waals surface area contributed by atoms with Gasteiger partial charge in [0.15, 0.2) is 0 Å². The van der Waals surface area contributed by atoms with E-state index in [9.17, 15) is 14.7 Å². The predicted molar refractivity (Wildman–Crippen MR) is 93.9 cm³/mol. The molecule has 0 bridgehead atoms. The molecule has 0 spiro atoms. The molecule has 3 N–H and O–H groups in total. The summed E-state index contributed by atoms with van der Waals surface area (Å²) >= 11 is 0. The van der Waals surface area contributed by atoms with E-state index in [4.69, 9.17) is 4.74 Å². The fourth-order valence-corrected chi connectivity index (χ4v) is 2.56. The van der Waals surface area contributed by atoms with Crippen molar-refractivity contribution in [3.63, 3.8) is 0 Å². The van der Waals surface area contributed by atoms with Crippen molar-refractivity contribution in [3.8, 4) is 5.75 Å². The zero-order valence-electron chi connectivity index (χ0n) is 13.7. The van der Waals surface area contributed by atoms with Crippen molar-refractivity contribution in [3.05, 3.63) is 64.7 Å². The quantitative estimate of drug-likeness (QED) is 0.626. The number of aliphatic hydroxyl groups is 1. The first-order chi connectivity index (χ1) is 12.1. The molecule has 2 heterocycles. The van der Waals surface area contributed by atoms with Crippen molar-refractivity contribution in [2.45, 2.75) is 12.6 Å². The lowest BCUT2D eigenvalue weighted by Gasteiger charge is -2.13. The Balaban J connectivity index is 1.62. The molecule has 25 heavy (non-hydrogen) atoms. The molecule has 0 aliphatic rings. The van der Waals surface area contributed by atoms with Crippen molar-refractivity contribution in [1.29, 1.82) is 0 Å². The SMILES string of the molecule is COc1ccc2cc(C(=O)NCC(O)Cn3ccccc3=O)[nH]c2c1. The molecule has 0 saturated heterocycles. The molecule has 0 saturated carbocycles. The van der Waals surface area contributed by atoms with Gasteiger partial charge in [-0.25, -0.2) is 0 Å². The maximum absolute atomic E-state index is 12.2. The molecule has 1 atom stereocenters. The molecule has 130 valence electrons. The smallest absolute Gasteiger partial charge is 0.267 e. The first-order valence-corrected chi connectivity index (χ1v) is 7.85. The normalized spacial score (nSPS) is 12.1. The zero-order chi connectivity index (χ0) is 17.8. The number of rotatable bonds is 6. The number of carbonyl (C=O) groups excluding carboxylic acids is 1. The van der Waals surface area contributed by atoms with Crippen LogP contribution in [0.15, 0.2) is 53.5 Å². The topological polar surface area (TPSA) is 96.3 Å². The number of fused-ring (bicyclic) bond motifs is 1. The third-order valence-corrected chi connectivity index (χ3v) is 3.88. The Kier molecular flexibility index (Phi) is 4.85. The van der Waals surface area contributed by atoms with Gasteiger partial charge in [0.25, 0.3) is 11.5 Å². The number of H-pyrrole nitrogens is 1. The average molecular weight is 341 g/mol. The average Bonchev–Trinajstić information content (AvgIpc) is 3.04. The molecule has 3 aromatic rings. The minimum absolute atomic E-state index is 0.0405. The summed E-state index contributed by atoms with van der Waals surface area (Å²) in [6.07, 6.45) is 0.729. The van der Waals surface area contributed by atoms with Crippen LogP contribution in [0.2, 0.25) is 0 Å². The lowest BCUT2D eigenvalue weighted by Crippen LogP contribution is -2.36. The Labute approximate surface area is 143 Å². The highest BCUT2D eigenvalue weighted by Crippen LogP contribution is 2.21. The molecule has 1 aromatic carbocycles. The van der Waals surface area contributed by atoms with Crippen LogP contribution in [0.3, 0.4) is 0 Å². The molecule has 7 heteroatoms. The fourth-order valence-electron chi connectivity index (χ4n) is 2.56. The molecule has 7 nitrogen and oxygen atoms in total. The standard InChI is InChI=1S/C18H19N3O4/c1-25-14-6-5-12-8-16(20-15(12)9-14)18(24)19-10-13(22)11-21-7-3-2-4-17(21)23/h2-9,13,20,22H,10-11H2,1H3,(H,19,24). The molecule has 0 aliphatic heterocycles. The largest absolute Gasteiger partial charge is 0.497 e. The Morgan fingerprint density at radius 2 is 2.16 bits per heavy atom. The maximum Gasteiger partial charge on any atom is 0.267 e. The highest BCUT2D eigenvalue weighted by atomic mass is 16.5. The Morgan fingerprint density at radius 1 is 1.32 bits per heavy atom. The van der Waals surface area contributed by atoms with Gasteiger partial charge in [0, 0.05) is 35.8 Å². The molecule has 3 rings (SSSR count). The fraction of sp³-hybridized carbons (Fsp3) is 0.222. The second-order valence-electron chi connectivity index (χ2n) is 5.69. The van der Waals surface area contributed by atoms with Crippen LogP contribution in [0, 0.1) is 0 Å². The lowest BCUT2D eigenvalue weighted by molar-refractivity contribution is 0.0899. The molecule has 0 aliphatic carbocycles. The summed E-state index contributed by atoms with van der Waals surface area (Å²) in [7, 11) is 1.58. The number of benzene rings is 1. The molecule has 1 unspecified atom stereocenters. The number of aliphatic hydroxyl groups excluding tert-OH is 1. The summed E-state index contributed by atoms with van der Waals surface area (Å²) in [5.41, 5.74) is 0.991. The predicted octanol–water partition coefficient (Wildman–Crippen LogP) is 1.13. The summed E-state index contributed by atoms with van der Waals surface area (Å²) in [4.78, 5) is 26.9. The molecule has 0 radical (unpaired) electrons. The van der Waals surface area contributed by atoms with Gasteiger partial charge in [-0.2, -0.15) is 0 Å². The summed E-state index contributed by atoms with van der Waals surface area (Å²) in [5, 5.41) is 13.6. The van der Waals surface area contributed by atoms with Crippen LogP contribution in [0.5, 0.6) is 5.75 Å². The third-order valence-electron chi connectivity index (χ3n) is 3.88. The number of nitrogens with one attached hydrogen (secondary N) is 2.